The minimum atomic E-state index is -4.81. The molecule has 2 aromatic rings. The second kappa shape index (κ2) is 10.0. The van der Waals surface area contributed by atoms with E-state index in [1.165, 1.54) is 0 Å². The highest BCUT2D eigenvalue weighted by molar-refractivity contribution is 9.10. The van der Waals surface area contributed by atoms with Gasteiger partial charge in [-0.1, -0.05) is 34.1 Å². The maximum Gasteiger partial charge on any atom is 0.416 e. The number of alkyl halides is 3. The maximum atomic E-state index is 13.7. The molecule has 0 spiro atoms. The van der Waals surface area contributed by atoms with Crippen molar-refractivity contribution in [2.45, 2.75) is 55.8 Å². The van der Waals surface area contributed by atoms with E-state index >= 15 is 0 Å². The Labute approximate surface area is 221 Å². The van der Waals surface area contributed by atoms with Crippen molar-refractivity contribution >= 4 is 27.7 Å². The first-order valence-corrected chi connectivity index (χ1v) is 13.3. The summed E-state index contributed by atoms with van der Waals surface area (Å²) in [5.74, 6) is -1.63. The third-order valence-corrected chi connectivity index (χ3v) is 8.47. The summed E-state index contributed by atoms with van der Waals surface area (Å²) >= 11 is 3.38. The highest BCUT2D eigenvalue weighted by Crippen LogP contribution is 2.52. The molecule has 4 aliphatic rings. The van der Waals surface area contributed by atoms with E-state index in [9.17, 15) is 27.2 Å². The van der Waals surface area contributed by atoms with Crippen LogP contribution in [-0.4, -0.2) is 48.4 Å². The van der Waals surface area contributed by atoms with Crippen LogP contribution in [0.25, 0.3) is 0 Å². The Balaban J connectivity index is 1.38. The molecule has 5 nitrogen and oxygen atoms in total. The van der Waals surface area contributed by atoms with Gasteiger partial charge in [0.1, 0.15) is 11.9 Å². The molecule has 1 aliphatic carbocycles. The van der Waals surface area contributed by atoms with Crippen molar-refractivity contribution in [2.75, 3.05) is 19.6 Å². The smallest absolute Gasteiger partial charge is 0.350 e. The van der Waals surface area contributed by atoms with Gasteiger partial charge < -0.3 is 15.5 Å². The van der Waals surface area contributed by atoms with E-state index in [4.69, 9.17) is 0 Å². The predicted molar refractivity (Wildman–Crippen MR) is 133 cm³/mol. The predicted octanol–water partition coefficient (Wildman–Crippen LogP) is 4.58. The number of halogens is 5. The van der Waals surface area contributed by atoms with Gasteiger partial charge in [-0.05, 0) is 80.1 Å². The Kier molecular flexibility index (Phi) is 7.08. The first-order valence-electron chi connectivity index (χ1n) is 12.5. The molecule has 2 aromatic carbocycles. The van der Waals surface area contributed by atoms with Crippen molar-refractivity contribution in [2.24, 2.45) is 5.92 Å². The molecule has 0 aromatic heterocycles. The molecular weight excluding hydrogens is 554 g/mol. The standard InChI is InChI=1S/C27H28BrF4N3O2/c28-18-3-1-16(2-4-18)13-22(24(36)33-23-15-35-11-7-17(23)8-12-35)34-25(37)26(9-10-26)20-6-5-19(29)14-21(20)27(30,31)32/h1-6,14,17,22-23H,7-13,15H2,(H,33,36)(H,34,37)/t22-,23?/m0/s1. The molecule has 3 saturated heterocycles. The fourth-order valence-electron chi connectivity index (χ4n) is 5.69. The van der Waals surface area contributed by atoms with Crippen LogP contribution in [0.3, 0.4) is 0 Å². The quantitative estimate of drug-likeness (QED) is 0.471. The fraction of sp³-hybridized carbons (Fsp3) is 0.481. The summed E-state index contributed by atoms with van der Waals surface area (Å²) in [5.41, 5.74) is -2.03. The summed E-state index contributed by atoms with van der Waals surface area (Å²) < 4.78 is 55.7. The number of amides is 2. The highest BCUT2D eigenvalue weighted by Gasteiger charge is 2.55. The van der Waals surface area contributed by atoms with E-state index < -0.39 is 34.9 Å². The molecule has 1 saturated carbocycles. The first kappa shape index (κ1) is 26.2. The lowest BCUT2D eigenvalue weighted by Gasteiger charge is -2.45. The molecule has 6 rings (SSSR count). The second-order valence-electron chi connectivity index (χ2n) is 10.4. The van der Waals surface area contributed by atoms with Crippen LogP contribution in [0.1, 0.15) is 42.4 Å². The fourth-order valence-corrected chi connectivity index (χ4v) is 5.95. The van der Waals surface area contributed by atoms with E-state index in [1.807, 2.05) is 24.3 Å². The average Bonchev–Trinajstić information content (AvgIpc) is 3.67. The van der Waals surface area contributed by atoms with E-state index in [1.54, 1.807) is 0 Å². The van der Waals surface area contributed by atoms with Crippen molar-refractivity contribution in [3.63, 3.8) is 0 Å². The lowest BCUT2D eigenvalue weighted by atomic mass is 9.84. The summed E-state index contributed by atoms with van der Waals surface area (Å²) in [7, 11) is 0. The minimum Gasteiger partial charge on any atom is -0.350 e. The van der Waals surface area contributed by atoms with Gasteiger partial charge >= 0.3 is 6.18 Å². The SMILES string of the molecule is O=C(NC1CN2CCC1CC2)[C@H](Cc1ccc(Br)cc1)NC(=O)C1(c2ccc(F)cc2C(F)(F)F)CC1. The molecule has 3 heterocycles. The molecule has 37 heavy (non-hydrogen) atoms. The number of rotatable bonds is 7. The topological polar surface area (TPSA) is 61.4 Å². The van der Waals surface area contributed by atoms with Gasteiger partial charge in [-0.2, -0.15) is 13.2 Å². The summed E-state index contributed by atoms with van der Waals surface area (Å²) in [6.45, 7) is 2.78. The largest absolute Gasteiger partial charge is 0.416 e. The number of hydrogen-bond acceptors (Lipinski definition) is 3. The molecule has 0 radical (unpaired) electrons. The van der Waals surface area contributed by atoms with Crippen molar-refractivity contribution in [1.29, 1.82) is 0 Å². The summed E-state index contributed by atoms with van der Waals surface area (Å²) in [4.78, 5) is 29.3. The lowest BCUT2D eigenvalue weighted by molar-refractivity contribution is -0.139. The maximum absolute atomic E-state index is 13.7. The van der Waals surface area contributed by atoms with E-state index in [0.717, 1.165) is 54.6 Å². The van der Waals surface area contributed by atoms with Gasteiger partial charge in [-0.3, -0.25) is 9.59 Å². The summed E-state index contributed by atoms with van der Waals surface area (Å²) in [6, 6.07) is 8.76. The molecular formula is C27H28BrF4N3O2. The monoisotopic (exact) mass is 581 g/mol. The van der Waals surface area contributed by atoms with Gasteiger partial charge in [0.05, 0.1) is 11.0 Å². The molecule has 198 valence electrons. The number of benzene rings is 2. The Morgan fingerprint density at radius 1 is 1.08 bits per heavy atom. The number of hydrogen-bond donors (Lipinski definition) is 2. The zero-order valence-corrected chi connectivity index (χ0v) is 21.7. The normalized spacial score (nSPS) is 24.8. The van der Waals surface area contributed by atoms with E-state index in [0.29, 0.717) is 12.0 Å². The third-order valence-electron chi connectivity index (χ3n) is 7.95. The van der Waals surface area contributed by atoms with Crippen LogP contribution >= 0.6 is 15.9 Å². The highest BCUT2D eigenvalue weighted by atomic mass is 79.9. The van der Waals surface area contributed by atoms with Crippen LogP contribution in [0.2, 0.25) is 0 Å². The number of nitrogens with one attached hydrogen (secondary N) is 2. The van der Waals surface area contributed by atoms with Crippen LogP contribution in [0, 0.1) is 11.7 Å². The van der Waals surface area contributed by atoms with Crippen LogP contribution in [-0.2, 0) is 27.6 Å². The Morgan fingerprint density at radius 2 is 1.76 bits per heavy atom. The average molecular weight is 582 g/mol. The Morgan fingerprint density at radius 3 is 2.32 bits per heavy atom. The lowest BCUT2D eigenvalue weighted by Crippen LogP contribution is -2.60. The number of fused-ring (bicyclic) bond motifs is 3. The van der Waals surface area contributed by atoms with Crippen molar-refractivity contribution < 1.29 is 27.2 Å². The van der Waals surface area contributed by atoms with Crippen LogP contribution in [0.4, 0.5) is 17.6 Å². The van der Waals surface area contributed by atoms with Gasteiger partial charge in [0, 0.05) is 23.5 Å². The Hall–Kier alpha value is -2.46. The van der Waals surface area contributed by atoms with Crippen LogP contribution in [0.15, 0.2) is 46.9 Å². The van der Waals surface area contributed by atoms with Gasteiger partial charge in [-0.15, -0.1) is 0 Å². The minimum absolute atomic E-state index is 0.0249. The Bertz CT molecular complexity index is 1180. The molecule has 2 amide bonds. The first-order chi connectivity index (χ1) is 17.5. The summed E-state index contributed by atoms with van der Waals surface area (Å²) in [5, 5.41) is 5.88. The van der Waals surface area contributed by atoms with Gasteiger partial charge in [0.15, 0.2) is 0 Å². The van der Waals surface area contributed by atoms with Crippen LogP contribution < -0.4 is 10.6 Å². The zero-order chi connectivity index (χ0) is 26.4. The van der Waals surface area contributed by atoms with Crippen LogP contribution in [0.5, 0.6) is 0 Å². The molecule has 10 heteroatoms. The number of piperidine rings is 3. The molecule has 2 atom stereocenters. The third kappa shape index (κ3) is 5.55. The van der Waals surface area contributed by atoms with Gasteiger partial charge in [0.25, 0.3) is 0 Å². The van der Waals surface area contributed by atoms with Gasteiger partial charge in [0.2, 0.25) is 11.8 Å². The molecule has 4 fully saturated rings. The molecule has 2 N–H and O–H groups in total. The van der Waals surface area contributed by atoms with E-state index in [-0.39, 0.29) is 36.8 Å². The molecule has 3 aliphatic heterocycles. The zero-order valence-electron chi connectivity index (χ0n) is 20.1. The molecule has 1 unspecified atom stereocenters. The second-order valence-corrected chi connectivity index (χ2v) is 11.3. The van der Waals surface area contributed by atoms with Crippen molar-refractivity contribution in [1.82, 2.24) is 15.5 Å². The molecule has 2 bridgehead atoms. The number of nitrogens with zero attached hydrogens (tertiary/aromatic N) is 1. The van der Waals surface area contributed by atoms with Crippen molar-refractivity contribution in [3.05, 3.63) is 69.4 Å². The van der Waals surface area contributed by atoms with Gasteiger partial charge in [-0.25, -0.2) is 4.39 Å². The van der Waals surface area contributed by atoms with E-state index in [2.05, 4.69) is 31.5 Å². The number of carbonyl (C=O) groups is 2. The number of carbonyl (C=O) groups excluding carboxylic acids is 2. The van der Waals surface area contributed by atoms with Crippen molar-refractivity contribution in [3.8, 4) is 0 Å². The summed E-state index contributed by atoms with van der Waals surface area (Å²) in [6.07, 6.45) is -2.22.